The van der Waals surface area contributed by atoms with Crippen molar-refractivity contribution in [2.45, 2.75) is 45.4 Å². The van der Waals surface area contributed by atoms with Gasteiger partial charge in [0.05, 0.1) is 17.3 Å². The smallest absolute Gasteiger partial charge is 0.354 e. The molecule has 0 bridgehead atoms. The van der Waals surface area contributed by atoms with Crippen molar-refractivity contribution in [3.8, 4) is 11.3 Å². The SMILES string of the molecule is CI=NC1=C(CN[C@@H](C)C(=O)Nc2cccc(-c3cnc(C(F)(F)F)nc3)n2)C(=O)N(Cc2nc(C)no2)C(C)(O)N1C. The highest BCUT2D eigenvalue weighted by molar-refractivity contribution is 14.2. The van der Waals surface area contributed by atoms with Gasteiger partial charge in [0.1, 0.15) is 18.2 Å². The highest BCUT2D eigenvalue weighted by Crippen LogP contribution is 2.33. The van der Waals surface area contributed by atoms with Crippen LogP contribution in [0.3, 0.4) is 0 Å². The Morgan fingerprint density at radius 1 is 1.26 bits per heavy atom. The van der Waals surface area contributed by atoms with E-state index >= 15 is 0 Å². The summed E-state index contributed by atoms with van der Waals surface area (Å²) in [5, 5.41) is 20.6. The first-order chi connectivity index (χ1) is 20.2. The van der Waals surface area contributed by atoms with Gasteiger partial charge in [-0.2, -0.15) is 18.2 Å². The number of hydrogen-bond donors (Lipinski definition) is 3. The van der Waals surface area contributed by atoms with Crippen molar-refractivity contribution in [2.75, 3.05) is 23.8 Å². The minimum Gasteiger partial charge on any atom is -0.354 e. The van der Waals surface area contributed by atoms with Crippen LogP contribution in [0.5, 0.6) is 0 Å². The lowest BCUT2D eigenvalue weighted by Gasteiger charge is -2.47. The molecule has 0 spiro atoms. The summed E-state index contributed by atoms with van der Waals surface area (Å²) in [6.45, 7) is 4.45. The first-order valence-corrected chi connectivity index (χ1v) is 15.8. The molecule has 2 atom stereocenters. The maximum absolute atomic E-state index is 13.6. The number of amides is 2. The van der Waals surface area contributed by atoms with E-state index in [2.05, 4.69) is 38.9 Å². The summed E-state index contributed by atoms with van der Waals surface area (Å²) in [5.41, 5.74) is 0.716. The van der Waals surface area contributed by atoms with Gasteiger partial charge in [0.25, 0.3) is 5.91 Å². The van der Waals surface area contributed by atoms with E-state index in [1.807, 2.05) is 4.93 Å². The number of halogens is 4. The zero-order valence-corrected chi connectivity index (χ0v) is 25.8. The predicted octanol–water partition coefficient (Wildman–Crippen LogP) is 2.80. The fraction of sp³-hybridized carbons (Fsp3) is 0.400. The molecular formula is C25H28F3IN10O4. The van der Waals surface area contributed by atoms with Gasteiger partial charge in [-0.05, 0) is 47.0 Å². The zero-order chi connectivity index (χ0) is 31.5. The molecule has 4 heterocycles. The first-order valence-electron chi connectivity index (χ1n) is 12.6. The molecule has 1 aliphatic rings. The molecule has 43 heavy (non-hydrogen) atoms. The summed E-state index contributed by atoms with van der Waals surface area (Å²) >= 11 is -0.676. The van der Waals surface area contributed by atoms with Crippen molar-refractivity contribution < 1.29 is 32.4 Å². The number of aryl methyl sites for hydroxylation is 1. The molecule has 0 saturated carbocycles. The summed E-state index contributed by atoms with van der Waals surface area (Å²) in [4.78, 5) is 46.2. The van der Waals surface area contributed by atoms with Crippen molar-refractivity contribution >= 4 is 38.7 Å². The number of aliphatic hydroxyl groups is 1. The molecule has 0 aliphatic carbocycles. The molecular weight excluding hydrogens is 688 g/mol. The van der Waals surface area contributed by atoms with E-state index in [9.17, 15) is 27.9 Å². The highest BCUT2D eigenvalue weighted by atomic mass is 127. The van der Waals surface area contributed by atoms with E-state index in [0.717, 1.165) is 12.4 Å². The van der Waals surface area contributed by atoms with Crippen molar-refractivity contribution in [3.05, 3.63) is 59.5 Å². The Labute approximate surface area is 253 Å². The van der Waals surface area contributed by atoms with Crippen molar-refractivity contribution in [3.63, 3.8) is 0 Å². The zero-order valence-electron chi connectivity index (χ0n) is 23.6. The first kappa shape index (κ1) is 32.0. The highest BCUT2D eigenvalue weighted by Gasteiger charge is 2.46. The second kappa shape index (κ2) is 12.8. The molecule has 1 aliphatic heterocycles. The van der Waals surface area contributed by atoms with Gasteiger partial charge >= 0.3 is 6.18 Å². The van der Waals surface area contributed by atoms with Crippen LogP contribution in [0.1, 0.15) is 31.4 Å². The molecule has 3 aromatic rings. The number of hydrogen-bond acceptors (Lipinski definition) is 12. The molecule has 0 fully saturated rings. The Bertz CT molecular complexity index is 1560. The van der Waals surface area contributed by atoms with Gasteiger partial charge in [0.2, 0.25) is 23.5 Å². The number of anilines is 1. The minimum atomic E-state index is -4.67. The van der Waals surface area contributed by atoms with E-state index in [4.69, 9.17) is 4.52 Å². The van der Waals surface area contributed by atoms with Crippen LogP contribution < -0.4 is 10.6 Å². The third-order valence-corrected chi connectivity index (χ3v) is 7.38. The molecule has 4 rings (SSSR count). The second-order valence-electron chi connectivity index (χ2n) is 9.51. The van der Waals surface area contributed by atoms with Gasteiger partial charge in [0.15, 0.2) is 5.82 Å². The number of alkyl halides is 4. The standard InChI is InChI=1S/C25H28F3IN10O4/c1-13(21(40)35-18-8-6-7-17(34-18)15-9-31-23(32-10-15)25(26,27)28)30-11-16-20(36-29-4)38(5)24(3,42)39(22(16)41)12-19-33-14(2)37-43-19/h6-10,13,30,42H,11-12H2,1-5H3,(H,34,35,40)/t13-,24?/m0/s1. The lowest BCUT2D eigenvalue weighted by molar-refractivity contribution is -0.201. The van der Waals surface area contributed by atoms with Gasteiger partial charge in [-0.3, -0.25) is 14.5 Å². The predicted molar refractivity (Wildman–Crippen MR) is 154 cm³/mol. The molecule has 14 nitrogen and oxygen atoms in total. The number of nitrogens with one attached hydrogen (secondary N) is 2. The van der Waals surface area contributed by atoms with Crippen LogP contribution in [-0.4, -0.2) is 82.2 Å². The van der Waals surface area contributed by atoms with Crippen LogP contribution >= 0.6 is 21.0 Å². The summed E-state index contributed by atoms with van der Waals surface area (Å²) < 4.78 is 48.0. The molecule has 0 radical (unpaired) electrons. The van der Waals surface area contributed by atoms with Crippen molar-refractivity contribution in [1.82, 2.24) is 40.2 Å². The van der Waals surface area contributed by atoms with E-state index in [1.165, 1.54) is 22.8 Å². The summed E-state index contributed by atoms with van der Waals surface area (Å²) in [6, 6.07) is 3.81. The molecule has 230 valence electrons. The third kappa shape index (κ3) is 7.19. The van der Waals surface area contributed by atoms with Gasteiger partial charge in [0, 0.05) is 43.4 Å². The Morgan fingerprint density at radius 3 is 2.56 bits per heavy atom. The van der Waals surface area contributed by atoms with Crippen molar-refractivity contribution in [2.24, 2.45) is 3.15 Å². The number of aromatic nitrogens is 5. The fourth-order valence-corrected chi connectivity index (χ4v) is 5.06. The fourth-order valence-electron chi connectivity index (χ4n) is 3.99. The summed E-state index contributed by atoms with van der Waals surface area (Å²) in [7, 11) is 1.60. The number of nitrogens with zero attached hydrogens (tertiary/aromatic N) is 8. The maximum atomic E-state index is 13.6. The maximum Gasteiger partial charge on any atom is 0.451 e. The van der Waals surface area contributed by atoms with Gasteiger partial charge in [-0.25, -0.2) is 18.1 Å². The van der Waals surface area contributed by atoms with Crippen LogP contribution in [0.2, 0.25) is 0 Å². The number of carbonyl (C=O) groups excluding carboxylic acids is 2. The molecule has 2 amide bonds. The molecule has 0 saturated heterocycles. The van der Waals surface area contributed by atoms with E-state index < -0.39 is 56.7 Å². The second-order valence-corrected chi connectivity index (χ2v) is 11.0. The molecule has 1 unspecified atom stereocenters. The summed E-state index contributed by atoms with van der Waals surface area (Å²) in [5.74, 6) is -3.07. The third-order valence-electron chi connectivity index (χ3n) is 6.45. The normalized spacial score (nSPS) is 18.7. The summed E-state index contributed by atoms with van der Waals surface area (Å²) in [6.07, 6.45) is -2.67. The lowest BCUT2D eigenvalue weighted by atomic mass is 10.1. The average Bonchev–Trinajstić information content (AvgIpc) is 3.38. The van der Waals surface area contributed by atoms with Crippen LogP contribution in [0.15, 0.2) is 49.7 Å². The minimum absolute atomic E-state index is 0.0634. The van der Waals surface area contributed by atoms with Gasteiger partial charge in [-0.15, -0.1) is 0 Å². The molecule has 0 aromatic carbocycles. The van der Waals surface area contributed by atoms with Crippen LogP contribution in [0.25, 0.3) is 11.3 Å². The van der Waals surface area contributed by atoms with Gasteiger partial charge in [-0.1, -0.05) is 11.2 Å². The number of rotatable bonds is 9. The largest absolute Gasteiger partial charge is 0.451 e. The topological polar surface area (TPSA) is 175 Å². The van der Waals surface area contributed by atoms with E-state index in [-0.39, 0.29) is 41.6 Å². The lowest BCUT2D eigenvalue weighted by Crippen LogP contribution is -2.63. The molecule has 18 heteroatoms. The van der Waals surface area contributed by atoms with Crippen LogP contribution in [0.4, 0.5) is 19.0 Å². The Kier molecular flexibility index (Phi) is 9.50. The Hall–Kier alpha value is -3.91. The van der Waals surface area contributed by atoms with Crippen LogP contribution in [-0.2, 0) is 22.3 Å². The number of pyridine rings is 1. The van der Waals surface area contributed by atoms with Crippen molar-refractivity contribution in [1.29, 1.82) is 0 Å². The average molecular weight is 716 g/mol. The number of carbonyl (C=O) groups is 2. The molecule has 3 N–H and O–H groups in total. The van der Waals surface area contributed by atoms with E-state index in [0.29, 0.717) is 11.6 Å². The van der Waals surface area contributed by atoms with E-state index in [1.54, 1.807) is 33.0 Å². The van der Waals surface area contributed by atoms with Crippen LogP contribution in [0, 0.1) is 6.92 Å². The quantitative estimate of drug-likeness (QED) is 0.220. The Morgan fingerprint density at radius 2 is 1.95 bits per heavy atom. The molecule has 3 aromatic heterocycles. The Balaban J connectivity index is 1.47. The monoisotopic (exact) mass is 716 g/mol. The van der Waals surface area contributed by atoms with Gasteiger partial charge < -0.3 is 25.2 Å².